The van der Waals surface area contributed by atoms with Crippen molar-refractivity contribution in [3.05, 3.63) is 91.0 Å². The number of rotatable bonds is 8. The van der Waals surface area contributed by atoms with E-state index in [2.05, 4.69) is 10.0 Å². The molecule has 2 N–H and O–H groups in total. The highest BCUT2D eigenvalue weighted by Gasteiger charge is 2.16. The fourth-order valence-electron chi connectivity index (χ4n) is 3.25. The first kappa shape index (κ1) is 22.7. The van der Waals surface area contributed by atoms with Crippen LogP contribution in [-0.4, -0.2) is 27.2 Å². The van der Waals surface area contributed by atoms with Crippen molar-refractivity contribution in [2.45, 2.75) is 9.79 Å². The molecular formula is C25H22N2O4S2. The molecule has 0 aliphatic rings. The molecule has 0 fully saturated rings. The van der Waals surface area contributed by atoms with Crippen LogP contribution in [0, 0.1) is 0 Å². The van der Waals surface area contributed by atoms with E-state index in [1.165, 1.54) is 23.9 Å². The van der Waals surface area contributed by atoms with E-state index < -0.39 is 10.0 Å². The third kappa shape index (κ3) is 5.66. The second-order valence-electron chi connectivity index (χ2n) is 7.17. The monoisotopic (exact) mass is 478 g/mol. The van der Waals surface area contributed by atoms with Crippen molar-refractivity contribution in [1.29, 1.82) is 0 Å². The summed E-state index contributed by atoms with van der Waals surface area (Å²) in [6, 6.07) is 26.6. The Morgan fingerprint density at radius 1 is 0.879 bits per heavy atom. The fraction of sp³-hybridized carbons (Fsp3) is 0.0800. The van der Waals surface area contributed by atoms with E-state index in [1.807, 2.05) is 60.7 Å². The number of methoxy groups -OCH3 is 1. The van der Waals surface area contributed by atoms with Crippen molar-refractivity contribution < 1.29 is 17.9 Å². The third-order valence-corrected chi connectivity index (χ3v) is 7.31. The van der Waals surface area contributed by atoms with Crippen LogP contribution >= 0.6 is 11.8 Å². The number of carbonyl (C=O) groups excluding carboxylic acids is 1. The predicted octanol–water partition coefficient (Wildman–Crippen LogP) is 5.38. The van der Waals surface area contributed by atoms with Crippen LogP contribution in [0.25, 0.3) is 10.8 Å². The van der Waals surface area contributed by atoms with Crippen molar-refractivity contribution in [2.75, 3.05) is 22.9 Å². The normalized spacial score (nSPS) is 11.2. The second kappa shape index (κ2) is 9.97. The van der Waals surface area contributed by atoms with Gasteiger partial charge < -0.3 is 10.1 Å². The van der Waals surface area contributed by atoms with Crippen molar-refractivity contribution in [1.82, 2.24) is 0 Å². The van der Waals surface area contributed by atoms with Crippen LogP contribution in [-0.2, 0) is 14.8 Å². The Hall–Kier alpha value is -3.49. The summed E-state index contributed by atoms with van der Waals surface area (Å²) in [4.78, 5) is 13.3. The van der Waals surface area contributed by atoms with Gasteiger partial charge in [0.15, 0.2) is 0 Å². The SMILES string of the molecule is COc1ccc(SCC(=O)Nc2ccc(S(=O)(=O)Nc3cccc4ccccc34)cc2)cc1. The van der Waals surface area contributed by atoms with Crippen LogP contribution in [0.3, 0.4) is 0 Å². The summed E-state index contributed by atoms with van der Waals surface area (Å²) in [5.41, 5.74) is 1.04. The van der Waals surface area contributed by atoms with Gasteiger partial charge in [0.2, 0.25) is 5.91 Å². The summed E-state index contributed by atoms with van der Waals surface area (Å²) < 4.78 is 33.5. The molecule has 4 aromatic rings. The van der Waals surface area contributed by atoms with Crippen LogP contribution in [0.4, 0.5) is 11.4 Å². The average molecular weight is 479 g/mol. The van der Waals surface area contributed by atoms with Gasteiger partial charge in [-0.3, -0.25) is 9.52 Å². The molecule has 0 saturated carbocycles. The van der Waals surface area contributed by atoms with Crippen LogP contribution in [0.1, 0.15) is 0 Å². The van der Waals surface area contributed by atoms with Gasteiger partial charge in [-0.15, -0.1) is 11.8 Å². The van der Waals surface area contributed by atoms with Gasteiger partial charge in [0, 0.05) is 16.0 Å². The Morgan fingerprint density at radius 3 is 2.30 bits per heavy atom. The number of carbonyl (C=O) groups is 1. The van der Waals surface area contributed by atoms with Gasteiger partial charge >= 0.3 is 0 Å². The molecule has 0 heterocycles. The van der Waals surface area contributed by atoms with E-state index in [0.717, 1.165) is 21.4 Å². The lowest BCUT2D eigenvalue weighted by molar-refractivity contribution is -0.113. The number of sulfonamides is 1. The van der Waals surface area contributed by atoms with Crippen molar-refractivity contribution in [3.63, 3.8) is 0 Å². The van der Waals surface area contributed by atoms with Crippen LogP contribution in [0.15, 0.2) is 101 Å². The van der Waals surface area contributed by atoms with E-state index in [4.69, 9.17) is 4.74 Å². The molecule has 168 valence electrons. The molecule has 0 atom stereocenters. The molecular weight excluding hydrogens is 456 g/mol. The molecule has 4 aromatic carbocycles. The standard InChI is InChI=1S/C25H22N2O4S2/c1-31-20-11-13-21(14-12-20)32-17-25(28)26-19-9-15-22(16-10-19)33(29,30)27-24-8-4-6-18-5-2-3-7-23(18)24/h2-16,27H,17H2,1H3,(H,26,28). The van der Waals surface area contributed by atoms with Crippen LogP contribution in [0.2, 0.25) is 0 Å². The summed E-state index contributed by atoms with van der Waals surface area (Å²) in [5.74, 6) is 0.809. The molecule has 33 heavy (non-hydrogen) atoms. The topological polar surface area (TPSA) is 84.5 Å². The number of hydrogen-bond donors (Lipinski definition) is 2. The number of fused-ring (bicyclic) bond motifs is 1. The lowest BCUT2D eigenvalue weighted by Crippen LogP contribution is -2.15. The first-order chi connectivity index (χ1) is 15.9. The highest BCUT2D eigenvalue weighted by atomic mass is 32.2. The first-order valence-electron chi connectivity index (χ1n) is 10.1. The highest BCUT2D eigenvalue weighted by Crippen LogP contribution is 2.26. The number of anilines is 2. The van der Waals surface area contributed by atoms with Crippen molar-refractivity contribution in [2.24, 2.45) is 0 Å². The van der Waals surface area contributed by atoms with E-state index in [1.54, 1.807) is 25.3 Å². The van der Waals surface area contributed by atoms with Crippen molar-refractivity contribution in [3.8, 4) is 5.75 Å². The molecule has 0 aliphatic heterocycles. The minimum Gasteiger partial charge on any atom is -0.497 e. The maximum atomic E-state index is 12.9. The molecule has 0 bridgehead atoms. The maximum Gasteiger partial charge on any atom is 0.261 e. The van der Waals surface area contributed by atoms with Gasteiger partial charge in [0.25, 0.3) is 10.0 Å². The number of benzene rings is 4. The molecule has 0 radical (unpaired) electrons. The second-order valence-corrected chi connectivity index (χ2v) is 9.90. The smallest absolute Gasteiger partial charge is 0.261 e. The third-order valence-electron chi connectivity index (χ3n) is 4.91. The van der Waals surface area contributed by atoms with Crippen LogP contribution in [0.5, 0.6) is 5.75 Å². The Kier molecular flexibility index (Phi) is 6.86. The average Bonchev–Trinajstić information content (AvgIpc) is 2.83. The zero-order chi connectivity index (χ0) is 23.3. The summed E-state index contributed by atoms with van der Waals surface area (Å²) >= 11 is 1.40. The molecule has 6 nitrogen and oxygen atoms in total. The zero-order valence-electron chi connectivity index (χ0n) is 17.8. The summed E-state index contributed by atoms with van der Waals surface area (Å²) in [7, 11) is -2.18. The first-order valence-corrected chi connectivity index (χ1v) is 12.6. The molecule has 4 rings (SSSR count). The van der Waals surface area contributed by atoms with Crippen LogP contribution < -0.4 is 14.8 Å². The molecule has 0 saturated heterocycles. The van der Waals surface area contributed by atoms with Gasteiger partial charge in [-0.1, -0.05) is 36.4 Å². The minimum absolute atomic E-state index is 0.112. The molecule has 0 spiro atoms. The largest absolute Gasteiger partial charge is 0.497 e. The molecule has 0 unspecified atom stereocenters. The highest BCUT2D eigenvalue weighted by molar-refractivity contribution is 8.00. The van der Waals surface area contributed by atoms with Gasteiger partial charge in [-0.25, -0.2) is 8.42 Å². The Labute approximate surface area is 197 Å². The number of nitrogens with one attached hydrogen (secondary N) is 2. The predicted molar refractivity (Wildman–Crippen MR) is 134 cm³/mol. The Balaban J connectivity index is 1.39. The number of thioether (sulfide) groups is 1. The lowest BCUT2D eigenvalue weighted by Gasteiger charge is -2.11. The molecule has 0 aliphatic carbocycles. The number of ether oxygens (including phenoxy) is 1. The fourth-order valence-corrected chi connectivity index (χ4v) is 5.03. The quantitative estimate of drug-likeness (QED) is 0.332. The van der Waals surface area contributed by atoms with E-state index in [-0.39, 0.29) is 16.6 Å². The maximum absolute atomic E-state index is 12.9. The molecule has 8 heteroatoms. The van der Waals surface area contributed by atoms with Gasteiger partial charge in [-0.05, 0) is 60.0 Å². The summed E-state index contributed by atoms with van der Waals surface area (Å²) in [6.07, 6.45) is 0. The Bertz CT molecular complexity index is 1360. The van der Waals surface area contributed by atoms with Crippen molar-refractivity contribution >= 4 is 49.8 Å². The van der Waals surface area contributed by atoms with E-state index in [9.17, 15) is 13.2 Å². The van der Waals surface area contributed by atoms with E-state index >= 15 is 0 Å². The number of amides is 1. The minimum atomic E-state index is -3.78. The zero-order valence-corrected chi connectivity index (χ0v) is 19.4. The Morgan fingerprint density at radius 2 is 1.58 bits per heavy atom. The van der Waals surface area contributed by atoms with E-state index in [0.29, 0.717) is 11.4 Å². The summed E-state index contributed by atoms with van der Waals surface area (Å²) in [6.45, 7) is 0. The molecule has 0 aromatic heterocycles. The van der Waals surface area contributed by atoms with Gasteiger partial charge in [0.05, 0.1) is 23.4 Å². The number of hydrogen-bond acceptors (Lipinski definition) is 5. The summed E-state index contributed by atoms with van der Waals surface area (Å²) in [5, 5.41) is 4.56. The lowest BCUT2D eigenvalue weighted by atomic mass is 10.1. The van der Waals surface area contributed by atoms with Gasteiger partial charge in [-0.2, -0.15) is 0 Å². The molecule has 1 amide bonds. The van der Waals surface area contributed by atoms with Gasteiger partial charge in [0.1, 0.15) is 5.75 Å².